The minimum absolute atomic E-state index is 0.416. The van der Waals surface area contributed by atoms with Crippen molar-refractivity contribution in [2.24, 2.45) is 11.8 Å². The summed E-state index contributed by atoms with van der Waals surface area (Å²) in [6.45, 7) is 5.52. The molecule has 0 bridgehead atoms. The molecule has 102 valence electrons. The van der Waals surface area contributed by atoms with E-state index in [9.17, 15) is 0 Å². The first kappa shape index (κ1) is 13.5. The summed E-state index contributed by atoms with van der Waals surface area (Å²) in [7, 11) is 2.06. The lowest BCUT2D eigenvalue weighted by Gasteiger charge is -2.32. The molecule has 1 fully saturated rings. The van der Waals surface area contributed by atoms with Gasteiger partial charge in [-0.15, -0.1) is 5.10 Å². The number of hydrogen-bond acceptors (Lipinski definition) is 3. The first-order valence-electron chi connectivity index (χ1n) is 7.31. The van der Waals surface area contributed by atoms with Crippen LogP contribution in [0.5, 0.6) is 0 Å². The largest absolute Gasteiger partial charge is 0.311 e. The van der Waals surface area contributed by atoms with Gasteiger partial charge in [-0.2, -0.15) is 0 Å². The zero-order chi connectivity index (χ0) is 13.0. The summed E-state index contributed by atoms with van der Waals surface area (Å²) in [5.74, 6) is 1.64. The third kappa shape index (κ3) is 2.91. The first-order valence-corrected chi connectivity index (χ1v) is 7.31. The van der Waals surface area contributed by atoms with Crippen LogP contribution in [0.4, 0.5) is 0 Å². The van der Waals surface area contributed by atoms with Gasteiger partial charge in [0, 0.05) is 6.54 Å². The standard InChI is InChI=1S/C14H26N4/c1-4-9-18-13(10-16-17-18)14(15-3)12-7-5-11(2)6-8-12/h10-12,14-15H,4-9H2,1-3H3. The van der Waals surface area contributed by atoms with Gasteiger partial charge in [-0.3, -0.25) is 0 Å². The minimum Gasteiger partial charge on any atom is -0.311 e. The monoisotopic (exact) mass is 250 g/mol. The van der Waals surface area contributed by atoms with Crippen LogP contribution in [0.25, 0.3) is 0 Å². The molecular formula is C14H26N4. The highest BCUT2D eigenvalue weighted by Crippen LogP contribution is 2.36. The van der Waals surface area contributed by atoms with Crippen LogP contribution in [0, 0.1) is 11.8 Å². The zero-order valence-corrected chi connectivity index (χ0v) is 11.9. The van der Waals surface area contributed by atoms with Crippen LogP contribution in [0.15, 0.2) is 6.20 Å². The lowest BCUT2D eigenvalue weighted by atomic mass is 9.78. The fourth-order valence-electron chi connectivity index (χ4n) is 3.14. The number of hydrogen-bond donors (Lipinski definition) is 1. The van der Waals surface area contributed by atoms with Crippen LogP contribution in [0.3, 0.4) is 0 Å². The first-order chi connectivity index (χ1) is 8.76. The summed E-state index contributed by atoms with van der Waals surface area (Å²) >= 11 is 0. The van der Waals surface area contributed by atoms with E-state index in [-0.39, 0.29) is 0 Å². The third-order valence-corrected chi connectivity index (χ3v) is 4.24. The van der Waals surface area contributed by atoms with E-state index in [2.05, 4.69) is 41.2 Å². The van der Waals surface area contributed by atoms with Crippen molar-refractivity contribution >= 4 is 0 Å². The molecule has 0 amide bonds. The second-order valence-corrected chi connectivity index (χ2v) is 5.67. The molecular weight excluding hydrogens is 224 g/mol. The highest BCUT2D eigenvalue weighted by molar-refractivity contribution is 5.05. The van der Waals surface area contributed by atoms with Crippen LogP contribution in [0.1, 0.15) is 57.7 Å². The number of aromatic nitrogens is 3. The second-order valence-electron chi connectivity index (χ2n) is 5.67. The van der Waals surface area contributed by atoms with E-state index in [0.717, 1.165) is 24.8 Å². The number of nitrogens with zero attached hydrogens (tertiary/aromatic N) is 3. The number of nitrogens with one attached hydrogen (secondary N) is 1. The molecule has 1 heterocycles. The van der Waals surface area contributed by atoms with E-state index in [1.165, 1.54) is 31.4 Å². The second kappa shape index (κ2) is 6.32. The van der Waals surface area contributed by atoms with Crippen molar-refractivity contribution < 1.29 is 0 Å². The van der Waals surface area contributed by atoms with Crippen LogP contribution in [-0.4, -0.2) is 22.0 Å². The van der Waals surface area contributed by atoms with Crippen LogP contribution in [-0.2, 0) is 6.54 Å². The van der Waals surface area contributed by atoms with Gasteiger partial charge in [0.05, 0.1) is 17.9 Å². The zero-order valence-electron chi connectivity index (χ0n) is 11.9. The summed E-state index contributed by atoms with van der Waals surface area (Å²) < 4.78 is 2.07. The maximum absolute atomic E-state index is 4.21. The molecule has 0 saturated heterocycles. The van der Waals surface area contributed by atoms with E-state index in [4.69, 9.17) is 0 Å². The summed E-state index contributed by atoms with van der Waals surface area (Å²) in [5, 5.41) is 11.8. The Balaban J connectivity index is 2.09. The summed E-state index contributed by atoms with van der Waals surface area (Å²) in [6.07, 6.45) is 8.41. The van der Waals surface area contributed by atoms with E-state index in [1.54, 1.807) is 0 Å². The molecule has 1 N–H and O–H groups in total. The fourth-order valence-corrected chi connectivity index (χ4v) is 3.14. The maximum Gasteiger partial charge on any atom is 0.0759 e. The molecule has 4 heteroatoms. The van der Waals surface area contributed by atoms with E-state index >= 15 is 0 Å². The van der Waals surface area contributed by atoms with Crippen molar-refractivity contribution in [1.29, 1.82) is 0 Å². The lowest BCUT2D eigenvalue weighted by Crippen LogP contribution is -2.30. The smallest absolute Gasteiger partial charge is 0.0759 e. The van der Waals surface area contributed by atoms with Gasteiger partial charge in [-0.25, -0.2) is 4.68 Å². The van der Waals surface area contributed by atoms with Gasteiger partial charge in [0.15, 0.2) is 0 Å². The van der Waals surface area contributed by atoms with Gasteiger partial charge in [0.1, 0.15) is 0 Å². The average molecular weight is 250 g/mol. The fraction of sp³-hybridized carbons (Fsp3) is 0.857. The Hall–Kier alpha value is -0.900. The Labute approximate surface area is 110 Å². The van der Waals surface area contributed by atoms with Gasteiger partial charge in [-0.05, 0) is 38.1 Å². The van der Waals surface area contributed by atoms with E-state index in [1.807, 2.05) is 6.20 Å². The van der Waals surface area contributed by atoms with Gasteiger partial charge in [0.2, 0.25) is 0 Å². The van der Waals surface area contributed by atoms with Crippen molar-refractivity contribution in [3.8, 4) is 0 Å². The quantitative estimate of drug-likeness (QED) is 0.874. The number of aryl methyl sites for hydroxylation is 1. The SMILES string of the molecule is CCCn1nncc1C(NC)C1CCC(C)CC1. The van der Waals surface area contributed by atoms with Crippen molar-refractivity contribution in [3.05, 3.63) is 11.9 Å². The summed E-state index contributed by atoms with van der Waals surface area (Å²) in [5.41, 5.74) is 1.26. The maximum atomic E-state index is 4.21. The van der Waals surface area contributed by atoms with Gasteiger partial charge < -0.3 is 5.32 Å². The van der Waals surface area contributed by atoms with Crippen molar-refractivity contribution in [2.75, 3.05) is 7.05 Å². The van der Waals surface area contributed by atoms with Gasteiger partial charge >= 0.3 is 0 Å². The average Bonchev–Trinajstić information content (AvgIpc) is 2.82. The van der Waals surface area contributed by atoms with Crippen molar-refractivity contribution in [1.82, 2.24) is 20.3 Å². The molecule has 4 nitrogen and oxygen atoms in total. The summed E-state index contributed by atoms with van der Waals surface area (Å²) in [4.78, 5) is 0. The summed E-state index contributed by atoms with van der Waals surface area (Å²) in [6, 6.07) is 0.416. The van der Waals surface area contributed by atoms with E-state index in [0.29, 0.717) is 6.04 Å². The Morgan fingerprint density at radius 2 is 2.11 bits per heavy atom. The molecule has 2 rings (SSSR count). The van der Waals surface area contributed by atoms with Crippen molar-refractivity contribution in [2.45, 2.75) is 58.5 Å². The van der Waals surface area contributed by atoms with E-state index < -0.39 is 0 Å². The normalized spacial score (nSPS) is 26.2. The molecule has 0 spiro atoms. The molecule has 0 aromatic carbocycles. The van der Waals surface area contributed by atoms with Crippen LogP contribution >= 0.6 is 0 Å². The van der Waals surface area contributed by atoms with Crippen LogP contribution < -0.4 is 5.32 Å². The molecule has 1 aromatic rings. The third-order valence-electron chi connectivity index (χ3n) is 4.24. The van der Waals surface area contributed by atoms with Crippen LogP contribution in [0.2, 0.25) is 0 Å². The predicted molar refractivity (Wildman–Crippen MR) is 73.2 cm³/mol. The minimum atomic E-state index is 0.416. The molecule has 1 unspecified atom stereocenters. The van der Waals surface area contributed by atoms with Gasteiger partial charge in [-0.1, -0.05) is 31.9 Å². The Morgan fingerprint density at radius 3 is 2.72 bits per heavy atom. The van der Waals surface area contributed by atoms with Crippen molar-refractivity contribution in [3.63, 3.8) is 0 Å². The lowest BCUT2D eigenvalue weighted by molar-refractivity contribution is 0.230. The molecule has 1 atom stereocenters. The number of rotatable bonds is 5. The molecule has 0 radical (unpaired) electrons. The molecule has 18 heavy (non-hydrogen) atoms. The molecule has 1 saturated carbocycles. The topological polar surface area (TPSA) is 42.7 Å². The predicted octanol–water partition coefficient (Wildman–Crippen LogP) is 2.77. The van der Waals surface area contributed by atoms with Gasteiger partial charge in [0.25, 0.3) is 0 Å². The Morgan fingerprint density at radius 1 is 1.39 bits per heavy atom. The Bertz CT molecular complexity index is 352. The molecule has 0 aliphatic heterocycles. The molecule has 1 aromatic heterocycles. The highest BCUT2D eigenvalue weighted by atomic mass is 15.4. The molecule has 1 aliphatic rings. The Kier molecular flexibility index (Phi) is 4.75. The highest BCUT2D eigenvalue weighted by Gasteiger charge is 2.28. The molecule has 1 aliphatic carbocycles.